The first-order chi connectivity index (χ1) is 14.2. The van der Waals surface area contributed by atoms with Crippen molar-refractivity contribution in [2.75, 3.05) is 0 Å². The average molecular weight is 644 g/mol. The molecule has 8 nitrogen and oxygen atoms in total. The summed E-state index contributed by atoms with van der Waals surface area (Å²) in [7, 11) is 0. The van der Waals surface area contributed by atoms with Crippen LogP contribution in [0.25, 0.3) is 0 Å². The number of hydrogen-bond donors (Lipinski definition) is 2. The van der Waals surface area contributed by atoms with Gasteiger partial charge in [-0.05, 0) is 0 Å². The SMILES string of the molecule is CC1(OC(=O)C2C3CC4C(OC(=O)C42)C3OC(=O)C(C)(I)C23NI2N3)CCCCC1. The van der Waals surface area contributed by atoms with E-state index in [1.54, 1.807) is 0 Å². The van der Waals surface area contributed by atoms with Gasteiger partial charge in [-0.25, -0.2) is 0 Å². The van der Waals surface area contributed by atoms with Gasteiger partial charge in [-0.2, -0.15) is 0 Å². The molecule has 0 aromatic carbocycles. The molecular weight excluding hydrogens is 618 g/mol. The number of rotatable bonds is 5. The summed E-state index contributed by atoms with van der Waals surface area (Å²) < 4.78 is 23.5. The van der Waals surface area contributed by atoms with E-state index >= 15 is 0 Å². The minimum absolute atomic E-state index is 0.0583. The summed E-state index contributed by atoms with van der Waals surface area (Å²) in [6.07, 6.45) is 4.67. The fraction of sp³-hybridized carbons (Fsp3) is 0.850. The molecule has 10 heteroatoms. The van der Waals surface area contributed by atoms with E-state index in [0.29, 0.717) is 6.42 Å². The number of fused-ring (bicyclic) bond motifs is 2. The molecule has 0 aromatic rings. The Kier molecular flexibility index (Phi) is 4.37. The number of ether oxygens (including phenoxy) is 3. The van der Waals surface area contributed by atoms with E-state index in [2.05, 4.69) is 29.7 Å². The van der Waals surface area contributed by atoms with Gasteiger partial charge in [-0.15, -0.1) is 0 Å². The van der Waals surface area contributed by atoms with Crippen LogP contribution in [0.5, 0.6) is 0 Å². The summed E-state index contributed by atoms with van der Waals surface area (Å²) in [5.74, 6) is -2.24. The van der Waals surface area contributed by atoms with E-state index in [9.17, 15) is 14.4 Å². The molecule has 30 heavy (non-hydrogen) atoms. The molecule has 0 spiro atoms. The van der Waals surface area contributed by atoms with Crippen molar-refractivity contribution in [3.8, 4) is 0 Å². The van der Waals surface area contributed by atoms with Crippen LogP contribution in [0.15, 0.2) is 0 Å². The van der Waals surface area contributed by atoms with Crippen LogP contribution in [0.2, 0.25) is 0 Å². The Bertz CT molecular complexity index is 837. The van der Waals surface area contributed by atoms with Crippen molar-refractivity contribution in [2.24, 2.45) is 23.7 Å². The van der Waals surface area contributed by atoms with E-state index in [-0.39, 0.29) is 33.4 Å². The Balaban J connectivity index is 1.21. The molecule has 3 saturated heterocycles. The van der Waals surface area contributed by atoms with Gasteiger partial charge in [-0.3, -0.25) is 0 Å². The Morgan fingerprint density at radius 2 is 1.90 bits per heavy atom. The normalized spacial score (nSPS) is 44.0. The van der Waals surface area contributed by atoms with Gasteiger partial charge in [0.2, 0.25) is 0 Å². The molecule has 6 aliphatic rings. The summed E-state index contributed by atoms with van der Waals surface area (Å²) in [6.45, 7) is 3.88. The second kappa shape index (κ2) is 6.43. The van der Waals surface area contributed by atoms with Crippen LogP contribution in [-0.2, 0) is 28.6 Å². The number of carbonyl (C=O) groups is 3. The number of nitrogens with one attached hydrogen (secondary N) is 2. The van der Waals surface area contributed by atoms with E-state index in [0.717, 1.165) is 25.7 Å². The molecule has 3 aliphatic carbocycles. The number of esters is 3. The quantitative estimate of drug-likeness (QED) is 0.0891. The third-order valence-corrected chi connectivity index (χ3v) is 15.1. The van der Waals surface area contributed by atoms with Gasteiger partial charge in [0.1, 0.15) is 0 Å². The molecule has 0 radical (unpaired) electrons. The van der Waals surface area contributed by atoms with Crippen LogP contribution in [0, 0.1) is 23.7 Å². The van der Waals surface area contributed by atoms with E-state index in [1.807, 2.05) is 13.8 Å². The van der Waals surface area contributed by atoms with E-state index < -0.39 is 53.4 Å². The maximum atomic E-state index is 13.3. The number of carbonyl (C=O) groups excluding carboxylic acids is 3. The molecule has 6 rings (SSSR count). The summed E-state index contributed by atoms with van der Waals surface area (Å²) in [5, 5.41) is 0. The van der Waals surface area contributed by atoms with Crippen LogP contribution in [0.4, 0.5) is 0 Å². The summed E-state index contributed by atoms with van der Waals surface area (Å²) >= 11 is 0.840. The van der Waals surface area contributed by atoms with Gasteiger partial charge < -0.3 is 0 Å². The minimum atomic E-state index is -1.32. The Morgan fingerprint density at radius 1 is 1.23 bits per heavy atom. The Labute approximate surface area is 196 Å². The van der Waals surface area contributed by atoms with Crippen LogP contribution in [0.1, 0.15) is 52.4 Å². The Hall–Kier alpha value is -0.210. The molecule has 3 aliphatic heterocycles. The fourth-order valence-electron chi connectivity index (χ4n) is 6.14. The summed E-state index contributed by atoms with van der Waals surface area (Å²) in [4.78, 5) is 38.9. The fourth-order valence-corrected chi connectivity index (χ4v) is 13.9. The molecule has 0 aromatic heterocycles. The zero-order valence-electron chi connectivity index (χ0n) is 16.9. The average Bonchev–Trinajstić information content (AvgIpc) is 3.44. The predicted octanol–water partition coefficient (Wildman–Crippen LogP) is 2.36. The van der Waals surface area contributed by atoms with Gasteiger partial charge in [0.25, 0.3) is 0 Å². The molecule has 2 bridgehead atoms. The Morgan fingerprint density at radius 3 is 2.53 bits per heavy atom. The summed E-state index contributed by atoms with van der Waals surface area (Å²) in [5.41, 5.74) is -0.458. The van der Waals surface area contributed by atoms with Crippen LogP contribution < -0.4 is 7.06 Å². The van der Waals surface area contributed by atoms with Crippen molar-refractivity contribution in [3.05, 3.63) is 0 Å². The molecule has 0 amide bonds. The molecule has 166 valence electrons. The molecule has 7 atom stereocenters. The van der Waals surface area contributed by atoms with E-state index in [4.69, 9.17) is 14.2 Å². The van der Waals surface area contributed by atoms with Crippen molar-refractivity contribution in [1.29, 1.82) is 0 Å². The van der Waals surface area contributed by atoms with Crippen LogP contribution >= 0.6 is 43.0 Å². The first-order valence-corrected chi connectivity index (χ1v) is 15.1. The number of hydrogen-bond acceptors (Lipinski definition) is 8. The standard InChI is InChI=1S/C20H26I2N2O6/c1-18(6-4-3-5-7-18)30-16(26)12-10-8-9-11(12)15(25)28-13(9)14(10)29-17(27)19(2,21)20-22(23-20)24-20/h9-14,23-24H,3-8H2,1-2H3. The van der Waals surface area contributed by atoms with Crippen LogP contribution in [-0.4, -0.2) is 42.8 Å². The van der Waals surface area contributed by atoms with Gasteiger partial charge in [0.05, 0.1) is 0 Å². The maximum absolute atomic E-state index is 13.3. The second-order valence-corrected chi connectivity index (χ2v) is 16.4. The van der Waals surface area contributed by atoms with Crippen molar-refractivity contribution >= 4 is 60.9 Å². The zero-order chi connectivity index (χ0) is 21.1. The predicted molar refractivity (Wildman–Crippen MR) is 121 cm³/mol. The van der Waals surface area contributed by atoms with E-state index in [1.165, 1.54) is 6.42 Å². The van der Waals surface area contributed by atoms with Gasteiger partial charge >= 0.3 is 191 Å². The topological polar surface area (TPSA) is 123 Å². The molecule has 7 unspecified atom stereocenters. The monoisotopic (exact) mass is 644 g/mol. The van der Waals surface area contributed by atoms with Crippen LogP contribution in [0.3, 0.4) is 0 Å². The second-order valence-electron chi connectivity index (χ2n) is 9.95. The number of halogens is 2. The third kappa shape index (κ3) is 2.71. The molecule has 6 fully saturated rings. The van der Waals surface area contributed by atoms with Crippen molar-refractivity contribution < 1.29 is 28.6 Å². The van der Waals surface area contributed by atoms with Crippen molar-refractivity contribution in [1.82, 2.24) is 7.06 Å². The first-order valence-electron chi connectivity index (χ1n) is 10.8. The summed E-state index contributed by atoms with van der Waals surface area (Å²) in [6, 6.07) is 0. The van der Waals surface area contributed by atoms with Gasteiger partial charge in [0, 0.05) is 0 Å². The number of alkyl halides is 2. The molecule has 3 saturated carbocycles. The molecule has 3 heterocycles. The van der Waals surface area contributed by atoms with Crippen molar-refractivity contribution in [2.45, 2.75) is 77.3 Å². The third-order valence-electron chi connectivity index (χ3n) is 8.01. The molecular formula is C20H26I2N2O6. The molecule has 2 N–H and O–H groups in total. The first kappa shape index (κ1) is 20.4. The van der Waals surface area contributed by atoms with Crippen molar-refractivity contribution in [3.63, 3.8) is 0 Å². The van der Waals surface area contributed by atoms with Gasteiger partial charge in [0.15, 0.2) is 0 Å². The van der Waals surface area contributed by atoms with Gasteiger partial charge in [-0.1, -0.05) is 6.42 Å². The zero-order valence-corrected chi connectivity index (χ0v) is 21.2.